The summed E-state index contributed by atoms with van der Waals surface area (Å²) in [6.07, 6.45) is 4.77. The molecule has 3 N–H and O–H groups in total. The van der Waals surface area contributed by atoms with Crippen LogP contribution in [0.3, 0.4) is 0 Å². The molecule has 5 heteroatoms. The van der Waals surface area contributed by atoms with Crippen molar-refractivity contribution >= 4 is 11.8 Å². The normalized spacial score (nSPS) is 33.6. The first kappa shape index (κ1) is 12.0. The highest BCUT2D eigenvalue weighted by Crippen LogP contribution is 2.43. The van der Waals surface area contributed by atoms with Crippen molar-refractivity contribution in [3.63, 3.8) is 0 Å². The van der Waals surface area contributed by atoms with Crippen molar-refractivity contribution in [2.75, 3.05) is 19.6 Å². The lowest BCUT2D eigenvalue weighted by atomic mass is 9.67. The van der Waals surface area contributed by atoms with Gasteiger partial charge in [-0.05, 0) is 25.7 Å². The van der Waals surface area contributed by atoms with Crippen LogP contribution in [0.5, 0.6) is 0 Å². The molecule has 1 aliphatic carbocycles. The Hall–Kier alpha value is -1.10. The highest BCUT2D eigenvalue weighted by atomic mass is 16.2. The summed E-state index contributed by atoms with van der Waals surface area (Å²) in [7, 11) is 0. The van der Waals surface area contributed by atoms with E-state index in [1.807, 2.05) is 4.90 Å². The van der Waals surface area contributed by atoms with E-state index in [4.69, 9.17) is 5.73 Å². The van der Waals surface area contributed by atoms with Crippen LogP contribution in [0.1, 0.15) is 32.1 Å². The fourth-order valence-corrected chi connectivity index (χ4v) is 3.62. The van der Waals surface area contributed by atoms with Gasteiger partial charge in [0.15, 0.2) is 0 Å². The standard InChI is InChI=1S/C13H21N3O2/c14-8-13(4-2-5-13)12(18)16-6-1-3-9-10(16)7-15-11(9)17/h9-10H,1-8,14H2,(H,15,17). The topological polar surface area (TPSA) is 75.4 Å². The Labute approximate surface area is 107 Å². The molecule has 100 valence electrons. The first-order valence-electron chi connectivity index (χ1n) is 6.97. The van der Waals surface area contributed by atoms with E-state index in [1.165, 1.54) is 0 Å². The summed E-state index contributed by atoms with van der Waals surface area (Å²) >= 11 is 0. The number of hydrogen-bond donors (Lipinski definition) is 2. The summed E-state index contributed by atoms with van der Waals surface area (Å²) in [6, 6.07) is 0.0720. The number of amides is 2. The molecule has 5 nitrogen and oxygen atoms in total. The third-order valence-corrected chi connectivity index (χ3v) is 5.02. The van der Waals surface area contributed by atoms with Crippen LogP contribution in [0.15, 0.2) is 0 Å². The van der Waals surface area contributed by atoms with Gasteiger partial charge in [-0.15, -0.1) is 0 Å². The lowest BCUT2D eigenvalue weighted by Crippen LogP contribution is -2.58. The zero-order valence-corrected chi connectivity index (χ0v) is 10.7. The van der Waals surface area contributed by atoms with Crippen molar-refractivity contribution in [3.8, 4) is 0 Å². The third-order valence-electron chi connectivity index (χ3n) is 5.02. The second-order valence-electron chi connectivity index (χ2n) is 5.90. The summed E-state index contributed by atoms with van der Waals surface area (Å²) in [4.78, 5) is 26.3. The predicted octanol–water partition coefficient (Wildman–Crippen LogP) is -0.148. The fourth-order valence-electron chi connectivity index (χ4n) is 3.62. The van der Waals surface area contributed by atoms with Crippen LogP contribution < -0.4 is 11.1 Å². The highest BCUT2D eigenvalue weighted by molar-refractivity contribution is 5.87. The van der Waals surface area contributed by atoms with Crippen LogP contribution in [0, 0.1) is 11.3 Å². The van der Waals surface area contributed by atoms with Crippen LogP contribution in [0.4, 0.5) is 0 Å². The van der Waals surface area contributed by atoms with E-state index in [-0.39, 0.29) is 29.2 Å². The van der Waals surface area contributed by atoms with E-state index < -0.39 is 0 Å². The van der Waals surface area contributed by atoms with E-state index in [1.54, 1.807) is 0 Å². The van der Waals surface area contributed by atoms with E-state index >= 15 is 0 Å². The second-order valence-corrected chi connectivity index (χ2v) is 5.90. The van der Waals surface area contributed by atoms with Crippen molar-refractivity contribution < 1.29 is 9.59 Å². The van der Waals surface area contributed by atoms with Gasteiger partial charge in [0.1, 0.15) is 0 Å². The summed E-state index contributed by atoms with van der Waals surface area (Å²) in [5.41, 5.74) is 5.50. The van der Waals surface area contributed by atoms with Crippen molar-refractivity contribution in [2.24, 2.45) is 17.1 Å². The number of likely N-dealkylation sites (tertiary alicyclic amines) is 1. The third kappa shape index (κ3) is 1.56. The quantitative estimate of drug-likeness (QED) is 0.717. The zero-order chi connectivity index (χ0) is 12.8. The highest BCUT2D eigenvalue weighted by Gasteiger charge is 2.50. The molecule has 2 saturated heterocycles. The van der Waals surface area contributed by atoms with E-state index in [0.29, 0.717) is 13.1 Å². The molecule has 1 saturated carbocycles. The molecular formula is C13H21N3O2. The Morgan fingerprint density at radius 3 is 2.83 bits per heavy atom. The Bertz CT molecular complexity index is 373. The minimum atomic E-state index is -0.312. The first-order valence-corrected chi connectivity index (χ1v) is 6.97. The maximum absolute atomic E-state index is 12.7. The molecule has 3 rings (SSSR count). The second kappa shape index (κ2) is 4.23. The number of carbonyl (C=O) groups excluding carboxylic acids is 2. The molecule has 0 aromatic carbocycles. The Morgan fingerprint density at radius 1 is 1.44 bits per heavy atom. The SMILES string of the molecule is NCC1(C(=O)N2CCCC3C(=O)NCC32)CCC1. The number of piperidine rings is 1. The Morgan fingerprint density at radius 2 is 2.22 bits per heavy atom. The zero-order valence-electron chi connectivity index (χ0n) is 10.7. The van der Waals surface area contributed by atoms with Gasteiger partial charge in [-0.2, -0.15) is 0 Å². The van der Waals surface area contributed by atoms with E-state index in [0.717, 1.165) is 38.6 Å². The number of nitrogens with zero attached hydrogens (tertiary/aromatic N) is 1. The minimum Gasteiger partial charge on any atom is -0.354 e. The molecule has 3 aliphatic rings. The van der Waals surface area contributed by atoms with Crippen molar-refractivity contribution in [3.05, 3.63) is 0 Å². The fraction of sp³-hybridized carbons (Fsp3) is 0.846. The summed E-state index contributed by atoms with van der Waals surface area (Å²) < 4.78 is 0. The average Bonchev–Trinajstić information content (AvgIpc) is 2.70. The maximum Gasteiger partial charge on any atom is 0.230 e. The molecule has 18 heavy (non-hydrogen) atoms. The van der Waals surface area contributed by atoms with Crippen LogP contribution >= 0.6 is 0 Å². The molecule has 0 aromatic heterocycles. The van der Waals surface area contributed by atoms with Gasteiger partial charge in [-0.25, -0.2) is 0 Å². The van der Waals surface area contributed by atoms with Gasteiger partial charge in [0.2, 0.25) is 11.8 Å². The van der Waals surface area contributed by atoms with Gasteiger partial charge < -0.3 is 16.0 Å². The van der Waals surface area contributed by atoms with Crippen molar-refractivity contribution in [1.82, 2.24) is 10.2 Å². The van der Waals surface area contributed by atoms with Gasteiger partial charge in [-0.3, -0.25) is 9.59 Å². The number of carbonyl (C=O) groups is 2. The lowest BCUT2D eigenvalue weighted by Gasteiger charge is -2.46. The lowest BCUT2D eigenvalue weighted by molar-refractivity contribution is -0.151. The molecule has 2 aliphatic heterocycles. The maximum atomic E-state index is 12.7. The Balaban J connectivity index is 1.79. The molecule has 2 atom stereocenters. The molecule has 0 spiro atoms. The summed E-state index contributed by atoms with van der Waals surface area (Å²) in [6.45, 7) is 1.85. The summed E-state index contributed by atoms with van der Waals surface area (Å²) in [5.74, 6) is 0.327. The smallest absolute Gasteiger partial charge is 0.230 e. The molecule has 0 bridgehead atoms. The predicted molar refractivity (Wildman–Crippen MR) is 66.6 cm³/mol. The van der Waals surface area contributed by atoms with Crippen molar-refractivity contribution in [2.45, 2.75) is 38.1 Å². The summed E-state index contributed by atoms with van der Waals surface area (Å²) in [5, 5.41) is 2.89. The average molecular weight is 251 g/mol. The molecule has 2 unspecified atom stereocenters. The molecule has 2 heterocycles. The first-order chi connectivity index (χ1) is 8.68. The number of rotatable bonds is 2. The molecule has 0 radical (unpaired) electrons. The number of fused-ring (bicyclic) bond motifs is 1. The number of nitrogens with one attached hydrogen (secondary N) is 1. The number of nitrogens with two attached hydrogens (primary N) is 1. The van der Waals surface area contributed by atoms with Gasteiger partial charge >= 0.3 is 0 Å². The van der Waals surface area contributed by atoms with E-state index in [2.05, 4.69) is 5.32 Å². The van der Waals surface area contributed by atoms with Gasteiger partial charge in [0.25, 0.3) is 0 Å². The van der Waals surface area contributed by atoms with Gasteiger partial charge in [0.05, 0.1) is 17.4 Å². The largest absolute Gasteiger partial charge is 0.354 e. The van der Waals surface area contributed by atoms with Crippen molar-refractivity contribution in [1.29, 1.82) is 0 Å². The molecule has 2 amide bonds. The molecule has 0 aromatic rings. The van der Waals surface area contributed by atoms with Gasteiger partial charge in [0, 0.05) is 19.6 Å². The molecular weight excluding hydrogens is 230 g/mol. The van der Waals surface area contributed by atoms with Crippen LogP contribution in [-0.2, 0) is 9.59 Å². The monoisotopic (exact) mass is 251 g/mol. The Kier molecular flexibility index (Phi) is 2.81. The van der Waals surface area contributed by atoms with Crippen LogP contribution in [0.2, 0.25) is 0 Å². The minimum absolute atomic E-state index is 0.0117. The number of hydrogen-bond acceptors (Lipinski definition) is 3. The van der Waals surface area contributed by atoms with Crippen LogP contribution in [0.25, 0.3) is 0 Å². The molecule has 3 fully saturated rings. The van der Waals surface area contributed by atoms with Gasteiger partial charge in [-0.1, -0.05) is 6.42 Å². The van der Waals surface area contributed by atoms with Crippen LogP contribution in [-0.4, -0.2) is 42.4 Å². The van der Waals surface area contributed by atoms with E-state index in [9.17, 15) is 9.59 Å².